The molecule has 0 aliphatic heterocycles. The number of hydrogen-bond donors (Lipinski definition) is 0. The smallest absolute Gasteiger partial charge is 0.0520 e. The SMILES string of the molecule is CCCCc1cc(C)c(N(c2ccc(C)cc2)c2cccc(N(c3ccc(C)cc3)c3c(C)cc(CCCC)cc3C)c2)c(C)c1. The average Bonchev–Trinajstić information content (AvgIpc) is 3.03. The first-order valence-corrected chi connectivity index (χ1v) is 17.2. The fourth-order valence-corrected chi connectivity index (χ4v) is 6.82. The first kappa shape index (κ1) is 33.1. The van der Waals surface area contributed by atoms with E-state index in [1.54, 1.807) is 0 Å². The Morgan fingerprint density at radius 3 is 1.09 bits per heavy atom. The number of benzene rings is 5. The highest BCUT2D eigenvalue weighted by Crippen LogP contribution is 2.44. The van der Waals surface area contributed by atoms with Crippen molar-refractivity contribution in [3.05, 3.63) is 142 Å². The monoisotopic (exact) mass is 608 g/mol. The summed E-state index contributed by atoms with van der Waals surface area (Å²) >= 11 is 0. The summed E-state index contributed by atoms with van der Waals surface area (Å²) in [7, 11) is 0. The van der Waals surface area contributed by atoms with Crippen LogP contribution in [0.5, 0.6) is 0 Å². The molecular formula is C44H52N2. The molecule has 238 valence electrons. The number of hydrogen-bond acceptors (Lipinski definition) is 2. The van der Waals surface area contributed by atoms with Gasteiger partial charge in [0, 0.05) is 22.7 Å². The Balaban J connectivity index is 1.69. The van der Waals surface area contributed by atoms with E-state index >= 15 is 0 Å². The molecule has 0 heterocycles. The summed E-state index contributed by atoms with van der Waals surface area (Å²) in [6.45, 7) is 17.9. The van der Waals surface area contributed by atoms with Gasteiger partial charge in [-0.3, -0.25) is 0 Å². The van der Waals surface area contributed by atoms with Crippen molar-refractivity contribution in [2.75, 3.05) is 9.80 Å². The first-order valence-electron chi connectivity index (χ1n) is 17.2. The Bertz CT molecular complexity index is 1590. The molecule has 0 unspecified atom stereocenters. The highest BCUT2D eigenvalue weighted by molar-refractivity contribution is 5.86. The van der Waals surface area contributed by atoms with E-state index in [1.165, 1.54) is 92.9 Å². The van der Waals surface area contributed by atoms with Crippen molar-refractivity contribution in [1.82, 2.24) is 0 Å². The molecule has 0 aliphatic rings. The van der Waals surface area contributed by atoms with E-state index in [9.17, 15) is 0 Å². The molecule has 0 amide bonds. The number of nitrogens with zero attached hydrogens (tertiary/aromatic N) is 2. The van der Waals surface area contributed by atoms with Crippen LogP contribution in [0.4, 0.5) is 34.1 Å². The number of aryl methyl sites for hydroxylation is 8. The molecule has 0 saturated heterocycles. The largest absolute Gasteiger partial charge is 0.310 e. The summed E-state index contributed by atoms with van der Waals surface area (Å²) in [5.74, 6) is 0. The first-order chi connectivity index (χ1) is 22.2. The van der Waals surface area contributed by atoms with Crippen LogP contribution in [0, 0.1) is 41.5 Å². The highest BCUT2D eigenvalue weighted by atomic mass is 15.2. The molecule has 5 rings (SSSR count). The minimum absolute atomic E-state index is 1.12. The maximum Gasteiger partial charge on any atom is 0.0520 e. The molecule has 2 nitrogen and oxygen atoms in total. The second-order valence-electron chi connectivity index (χ2n) is 13.2. The minimum atomic E-state index is 1.12. The van der Waals surface area contributed by atoms with Crippen LogP contribution < -0.4 is 9.80 Å². The van der Waals surface area contributed by atoms with Crippen LogP contribution in [0.1, 0.15) is 84.0 Å². The molecule has 0 N–H and O–H groups in total. The van der Waals surface area contributed by atoms with Gasteiger partial charge in [-0.25, -0.2) is 0 Å². The van der Waals surface area contributed by atoms with Gasteiger partial charge in [0.05, 0.1) is 11.4 Å². The van der Waals surface area contributed by atoms with Crippen molar-refractivity contribution in [2.24, 2.45) is 0 Å². The lowest BCUT2D eigenvalue weighted by Gasteiger charge is -2.32. The molecule has 0 atom stereocenters. The van der Waals surface area contributed by atoms with E-state index in [1.807, 2.05) is 0 Å². The second-order valence-corrected chi connectivity index (χ2v) is 13.2. The lowest BCUT2D eigenvalue weighted by Crippen LogP contribution is -2.16. The van der Waals surface area contributed by atoms with Gasteiger partial charge in [0.2, 0.25) is 0 Å². The zero-order valence-corrected chi connectivity index (χ0v) is 29.4. The second kappa shape index (κ2) is 14.9. The van der Waals surface area contributed by atoms with Gasteiger partial charge in [0.25, 0.3) is 0 Å². The summed E-state index contributed by atoms with van der Waals surface area (Å²) in [5.41, 5.74) is 17.8. The van der Waals surface area contributed by atoms with Crippen LogP contribution >= 0.6 is 0 Å². The van der Waals surface area contributed by atoms with Crippen molar-refractivity contribution in [3.8, 4) is 0 Å². The van der Waals surface area contributed by atoms with Crippen molar-refractivity contribution in [2.45, 2.75) is 93.9 Å². The van der Waals surface area contributed by atoms with Crippen molar-refractivity contribution < 1.29 is 0 Å². The fourth-order valence-electron chi connectivity index (χ4n) is 6.82. The summed E-state index contributed by atoms with van der Waals surface area (Å²) in [6.07, 6.45) is 7.10. The quantitative estimate of drug-likeness (QED) is 0.139. The molecule has 0 fully saturated rings. The van der Waals surface area contributed by atoms with Crippen molar-refractivity contribution >= 4 is 34.1 Å². The van der Waals surface area contributed by atoms with E-state index in [2.05, 4.69) is 162 Å². The van der Waals surface area contributed by atoms with Gasteiger partial charge in [-0.05, 0) is 143 Å². The summed E-state index contributed by atoms with van der Waals surface area (Å²) in [6, 6.07) is 36.6. The maximum atomic E-state index is 2.46. The Morgan fingerprint density at radius 1 is 0.413 bits per heavy atom. The molecule has 2 heteroatoms. The van der Waals surface area contributed by atoms with Gasteiger partial charge in [-0.1, -0.05) is 92.4 Å². The molecular weight excluding hydrogens is 556 g/mol. The van der Waals surface area contributed by atoms with Gasteiger partial charge in [-0.15, -0.1) is 0 Å². The summed E-state index contributed by atoms with van der Waals surface area (Å²) in [5, 5.41) is 0. The van der Waals surface area contributed by atoms with Crippen LogP contribution in [0.3, 0.4) is 0 Å². The fraction of sp³-hybridized carbons (Fsp3) is 0.318. The van der Waals surface area contributed by atoms with Gasteiger partial charge in [0.15, 0.2) is 0 Å². The van der Waals surface area contributed by atoms with Crippen LogP contribution in [0.2, 0.25) is 0 Å². The van der Waals surface area contributed by atoms with Gasteiger partial charge < -0.3 is 9.80 Å². The summed E-state index contributed by atoms with van der Waals surface area (Å²) in [4.78, 5) is 4.91. The van der Waals surface area contributed by atoms with Gasteiger partial charge >= 0.3 is 0 Å². The molecule has 0 aliphatic carbocycles. The zero-order chi connectivity index (χ0) is 32.8. The third-order valence-corrected chi connectivity index (χ3v) is 9.12. The summed E-state index contributed by atoms with van der Waals surface area (Å²) < 4.78 is 0. The molecule has 46 heavy (non-hydrogen) atoms. The maximum absolute atomic E-state index is 2.46. The molecule has 5 aromatic rings. The van der Waals surface area contributed by atoms with E-state index in [0.29, 0.717) is 0 Å². The lowest BCUT2D eigenvalue weighted by atomic mass is 9.98. The Hall–Kier alpha value is -4.30. The molecule has 0 radical (unpaired) electrons. The highest BCUT2D eigenvalue weighted by Gasteiger charge is 2.22. The predicted molar refractivity (Wildman–Crippen MR) is 201 cm³/mol. The third kappa shape index (κ3) is 7.39. The molecule has 0 bridgehead atoms. The van der Waals surface area contributed by atoms with Crippen LogP contribution in [-0.4, -0.2) is 0 Å². The van der Waals surface area contributed by atoms with E-state index in [4.69, 9.17) is 0 Å². The normalized spacial score (nSPS) is 11.1. The Kier molecular flexibility index (Phi) is 10.7. The van der Waals surface area contributed by atoms with E-state index in [-0.39, 0.29) is 0 Å². The minimum Gasteiger partial charge on any atom is -0.310 e. The van der Waals surface area contributed by atoms with Crippen molar-refractivity contribution in [3.63, 3.8) is 0 Å². The van der Waals surface area contributed by atoms with E-state index < -0.39 is 0 Å². The lowest BCUT2D eigenvalue weighted by molar-refractivity contribution is 0.794. The van der Waals surface area contributed by atoms with Crippen molar-refractivity contribution in [1.29, 1.82) is 0 Å². The molecule has 0 aromatic heterocycles. The van der Waals surface area contributed by atoms with Crippen LogP contribution in [-0.2, 0) is 12.8 Å². The van der Waals surface area contributed by atoms with E-state index in [0.717, 1.165) is 24.2 Å². The van der Waals surface area contributed by atoms with Crippen LogP contribution in [0.15, 0.2) is 97.1 Å². The average molecular weight is 609 g/mol. The predicted octanol–water partition coefficient (Wildman–Crippen LogP) is 13.2. The number of anilines is 6. The topological polar surface area (TPSA) is 6.48 Å². The molecule has 5 aromatic carbocycles. The number of rotatable bonds is 12. The molecule has 0 spiro atoms. The Morgan fingerprint density at radius 2 is 0.761 bits per heavy atom. The molecule has 0 saturated carbocycles. The van der Waals surface area contributed by atoms with Gasteiger partial charge in [-0.2, -0.15) is 0 Å². The zero-order valence-electron chi connectivity index (χ0n) is 29.4. The Labute approximate surface area is 278 Å². The third-order valence-electron chi connectivity index (χ3n) is 9.12. The van der Waals surface area contributed by atoms with Gasteiger partial charge in [0.1, 0.15) is 0 Å². The standard InChI is InChI=1S/C44H52N2/c1-9-11-14-37-26-33(5)43(34(6)27-37)45(39-22-18-31(3)19-23-39)41-16-13-17-42(30-41)46(40-24-20-32(4)21-25-40)44-35(7)28-38(15-12-10-2)29-36(44)8/h13,16-30H,9-12,14-15H2,1-8H3. The number of unbranched alkanes of at least 4 members (excludes halogenated alkanes) is 2. The van der Waals surface area contributed by atoms with Crippen LogP contribution in [0.25, 0.3) is 0 Å².